The average molecular weight is 351 g/mol. The summed E-state index contributed by atoms with van der Waals surface area (Å²) in [6.07, 6.45) is 1.73. The second-order valence-electron chi connectivity index (χ2n) is 8.42. The molecular weight excluding hydrogens is 326 g/mol. The third kappa shape index (κ3) is 1.93. The van der Waals surface area contributed by atoms with Crippen molar-refractivity contribution in [3.8, 4) is 0 Å². The number of rotatable bonds is 3. The molecule has 5 heteroatoms. The number of H-pyrrole nitrogens is 1. The van der Waals surface area contributed by atoms with Crippen molar-refractivity contribution in [2.75, 3.05) is 26.2 Å². The van der Waals surface area contributed by atoms with Crippen LogP contribution in [0, 0.1) is 10.8 Å². The number of Topliss-reactive ketones (excluding diaryl/α,β-unsaturated/α-hetero) is 1. The topological polar surface area (TPSA) is 56.4 Å². The van der Waals surface area contributed by atoms with Crippen molar-refractivity contribution < 1.29 is 4.79 Å². The molecule has 0 radical (unpaired) electrons. The van der Waals surface area contributed by atoms with Gasteiger partial charge in [-0.15, -0.1) is 0 Å². The van der Waals surface area contributed by atoms with Crippen LogP contribution in [0.2, 0.25) is 0 Å². The first-order valence-electron chi connectivity index (χ1n) is 9.67. The van der Waals surface area contributed by atoms with Gasteiger partial charge in [0.1, 0.15) is 5.78 Å². The van der Waals surface area contributed by atoms with E-state index >= 15 is 0 Å². The number of carbonyl (C=O) groups excluding carboxylic acids is 1. The normalized spacial score (nSPS) is 38.2. The predicted octanol–water partition coefficient (Wildman–Crippen LogP) is 2.53. The Morgan fingerprint density at radius 2 is 1.58 bits per heavy atom. The molecule has 2 aromatic rings. The van der Waals surface area contributed by atoms with E-state index in [1.54, 1.807) is 0 Å². The van der Waals surface area contributed by atoms with Crippen molar-refractivity contribution in [3.05, 3.63) is 46.2 Å². The van der Waals surface area contributed by atoms with Crippen molar-refractivity contribution in [1.29, 1.82) is 0 Å². The molecule has 0 aliphatic carbocycles. The molecule has 136 valence electrons. The molecule has 4 aliphatic rings. The van der Waals surface area contributed by atoms with Gasteiger partial charge in [0.2, 0.25) is 0 Å². The van der Waals surface area contributed by atoms with E-state index in [1.807, 2.05) is 30.3 Å². The molecule has 4 saturated heterocycles. The van der Waals surface area contributed by atoms with Crippen LogP contribution >= 0.6 is 0 Å². The van der Waals surface area contributed by atoms with E-state index in [0.717, 1.165) is 55.5 Å². The van der Waals surface area contributed by atoms with Gasteiger partial charge in [0.25, 0.3) is 5.56 Å². The van der Waals surface area contributed by atoms with Gasteiger partial charge in [0.15, 0.2) is 0 Å². The molecule has 26 heavy (non-hydrogen) atoms. The summed E-state index contributed by atoms with van der Waals surface area (Å²) in [5.74, 6) is 0.466. The zero-order chi connectivity index (χ0) is 18.1. The summed E-state index contributed by atoms with van der Waals surface area (Å²) in [6, 6.07) is 9.96. The number of fused-ring (bicyclic) bond motifs is 1. The maximum Gasteiger partial charge on any atom is 0.254 e. The minimum Gasteiger partial charge on any atom is -0.322 e. The number of ketones is 1. The number of aromatic amines is 1. The number of carbonyl (C=O) groups is 1. The van der Waals surface area contributed by atoms with Gasteiger partial charge in [-0.3, -0.25) is 19.4 Å². The van der Waals surface area contributed by atoms with Crippen molar-refractivity contribution in [3.63, 3.8) is 0 Å². The minimum absolute atomic E-state index is 0.0106. The summed E-state index contributed by atoms with van der Waals surface area (Å²) in [4.78, 5) is 33.9. The number of aromatic nitrogens is 1. The maximum atomic E-state index is 13.2. The fraction of sp³-hybridized carbons (Fsp3) is 0.524. The highest BCUT2D eigenvalue weighted by Gasteiger charge is 2.64. The molecule has 0 atom stereocenters. The van der Waals surface area contributed by atoms with E-state index in [2.05, 4.69) is 28.6 Å². The van der Waals surface area contributed by atoms with Gasteiger partial charge in [-0.05, 0) is 30.4 Å². The van der Waals surface area contributed by atoms with Gasteiger partial charge >= 0.3 is 0 Å². The van der Waals surface area contributed by atoms with Crippen molar-refractivity contribution in [1.82, 2.24) is 14.8 Å². The number of benzene rings is 1. The van der Waals surface area contributed by atoms with Crippen molar-refractivity contribution in [2.24, 2.45) is 10.8 Å². The highest BCUT2D eigenvalue weighted by atomic mass is 16.1. The van der Waals surface area contributed by atoms with Crippen LogP contribution in [-0.4, -0.2) is 46.7 Å². The van der Waals surface area contributed by atoms with E-state index in [9.17, 15) is 9.59 Å². The Morgan fingerprint density at radius 1 is 1.00 bits per heavy atom. The Morgan fingerprint density at radius 3 is 2.15 bits per heavy atom. The van der Waals surface area contributed by atoms with Crippen LogP contribution in [0.1, 0.15) is 38.4 Å². The van der Waals surface area contributed by atoms with Crippen LogP contribution in [0.4, 0.5) is 0 Å². The maximum absolute atomic E-state index is 13.2. The number of hydrogen-bond acceptors (Lipinski definition) is 4. The van der Waals surface area contributed by atoms with Crippen LogP contribution in [0.25, 0.3) is 10.9 Å². The molecular formula is C21H25N3O2. The third-order valence-corrected chi connectivity index (χ3v) is 7.09. The van der Waals surface area contributed by atoms with E-state index in [1.165, 1.54) is 0 Å². The number of para-hydroxylation sites is 1. The lowest BCUT2D eigenvalue weighted by Crippen LogP contribution is -2.76. The van der Waals surface area contributed by atoms with Gasteiger partial charge in [-0.2, -0.15) is 0 Å². The second kappa shape index (κ2) is 5.27. The lowest BCUT2D eigenvalue weighted by molar-refractivity contribution is -0.204. The first-order chi connectivity index (χ1) is 12.5. The van der Waals surface area contributed by atoms with Crippen molar-refractivity contribution in [2.45, 2.75) is 32.9 Å². The van der Waals surface area contributed by atoms with E-state index in [-0.39, 0.29) is 22.6 Å². The SMILES string of the molecule is CCC12CN3CC(CC)(CN(C1)C3c1cc3ccccc3[nH]c1=O)C2=O. The highest BCUT2D eigenvalue weighted by Crippen LogP contribution is 2.54. The van der Waals surface area contributed by atoms with E-state index < -0.39 is 0 Å². The molecule has 5 nitrogen and oxygen atoms in total. The molecule has 0 spiro atoms. The zero-order valence-electron chi connectivity index (χ0n) is 15.4. The van der Waals surface area contributed by atoms with Crippen LogP contribution in [-0.2, 0) is 4.79 Å². The Bertz CT molecular complexity index is 921. The van der Waals surface area contributed by atoms with Crippen molar-refractivity contribution >= 4 is 16.7 Å². The quantitative estimate of drug-likeness (QED) is 0.923. The summed E-state index contributed by atoms with van der Waals surface area (Å²) in [7, 11) is 0. The van der Waals surface area contributed by atoms with E-state index in [0.29, 0.717) is 5.78 Å². The molecule has 6 rings (SSSR count). The Labute approximate surface area is 153 Å². The summed E-state index contributed by atoms with van der Waals surface area (Å²) in [5, 5.41) is 1.06. The molecule has 1 N–H and O–H groups in total. The largest absolute Gasteiger partial charge is 0.322 e. The third-order valence-electron chi connectivity index (χ3n) is 7.09. The predicted molar refractivity (Wildman–Crippen MR) is 101 cm³/mol. The Balaban J connectivity index is 1.63. The summed E-state index contributed by atoms with van der Waals surface area (Å²) >= 11 is 0. The highest BCUT2D eigenvalue weighted by molar-refractivity contribution is 5.93. The fourth-order valence-corrected chi connectivity index (χ4v) is 5.71. The minimum atomic E-state index is -0.257. The monoisotopic (exact) mass is 351 g/mol. The smallest absolute Gasteiger partial charge is 0.254 e. The Hall–Kier alpha value is -1.98. The molecule has 4 bridgehead atoms. The molecule has 1 aromatic carbocycles. The first-order valence-corrected chi connectivity index (χ1v) is 9.67. The van der Waals surface area contributed by atoms with Crippen LogP contribution in [0.3, 0.4) is 0 Å². The summed E-state index contributed by atoms with van der Waals surface area (Å²) < 4.78 is 0. The Kier molecular flexibility index (Phi) is 3.29. The summed E-state index contributed by atoms with van der Waals surface area (Å²) in [6.45, 7) is 7.37. The lowest BCUT2D eigenvalue weighted by Gasteiger charge is -2.66. The number of hydrogen-bond donors (Lipinski definition) is 1. The molecule has 0 amide bonds. The molecule has 4 aliphatic heterocycles. The van der Waals surface area contributed by atoms with Gasteiger partial charge in [0.05, 0.1) is 17.0 Å². The molecule has 0 unspecified atom stereocenters. The van der Waals surface area contributed by atoms with Gasteiger partial charge in [0, 0.05) is 37.3 Å². The van der Waals surface area contributed by atoms with Crippen LogP contribution in [0.15, 0.2) is 35.1 Å². The average Bonchev–Trinajstić information content (AvgIpc) is 2.65. The lowest BCUT2D eigenvalue weighted by atomic mass is 9.58. The second-order valence-corrected chi connectivity index (χ2v) is 8.42. The van der Waals surface area contributed by atoms with Gasteiger partial charge in [-0.25, -0.2) is 0 Å². The number of nitrogens with one attached hydrogen (secondary N) is 1. The van der Waals surface area contributed by atoms with Gasteiger partial charge in [-0.1, -0.05) is 32.0 Å². The van der Waals surface area contributed by atoms with Crippen LogP contribution in [0.5, 0.6) is 0 Å². The first kappa shape index (κ1) is 16.2. The fourth-order valence-electron chi connectivity index (χ4n) is 5.71. The molecule has 4 fully saturated rings. The molecule has 0 saturated carbocycles. The number of nitrogens with zero attached hydrogens (tertiary/aromatic N) is 2. The standard InChI is InChI=1S/C21H25N3O2/c1-3-20-10-23-12-21(4-2,19(20)26)13-24(11-20)18(23)15-9-14-7-5-6-8-16(14)22-17(15)25/h5-9,18H,3-4,10-13H2,1-2H3,(H,22,25). The van der Waals surface area contributed by atoms with E-state index in [4.69, 9.17) is 0 Å². The zero-order valence-corrected chi connectivity index (χ0v) is 15.4. The summed E-state index contributed by atoms with van der Waals surface area (Å²) in [5.41, 5.74) is 1.16. The van der Waals surface area contributed by atoms with Crippen LogP contribution < -0.4 is 5.56 Å². The number of pyridine rings is 1. The number of piperidine rings is 2. The molecule has 1 aromatic heterocycles. The van der Waals surface area contributed by atoms with Gasteiger partial charge < -0.3 is 4.98 Å². The molecule has 5 heterocycles.